The summed E-state index contributed by atoms with van der Waals surface area (Å²) in [5.41, 5.74) is 9.79. The SMILES string of the molecule is Nc1nonc1-c1nc2ccccc2n1CC(=O)N/N=C\c1ccccc1[N+](=O)[O-]. The minimum absolute atomic E-state index is 0.0429. The molecule has 0 saturated heterocycles. The number of nitro groups is 1. The lowest BCUT2D eigenvalue weighted by Crippen LogP contribution is -2.23. The Balaban J connectivity index is 1.58. The molecule has 0 atom stereocenters. The first-order valence-corrected chi connectivity index (χ1v) is 8.63. The zero-order valence-electron chi connectivity index (χ0n) is 15.3. The monoisotopic (exact) mass is 406 g/mol. The number of rotatable bonds is 6. The van der Waals surface area contributed by atoms with Gasteiger partial charge in [0.25, 0.3) is 11.6 Å². The summed E-state index contributed by atoms with van der Waals surface area (Å²) < 4.78 is 6.24. The maximum absolute atomic E-state index is 12.5. The number of carbonyl (C=O) groups excluding carboxylic acids is 1. The highest BCUT2D eigenvalue weighted by Gasteiger charge is 2.20. The highest BCUT2D eigenvalue weighted by molar-refractivity contribution is 5.88. The van der Waals surface area contributed by atoms with E-state index in [0.717, 1.165) is 0 Å². The van der Waals surface area contributed by atoms with Gasteiger partial charge in [0.15, 0.2) is 17.3 Å². The third-order valence-electron chi connectivity index (χ3n) is 4.21. The van der Waals surface area contributed by atoms with Crippen LogP contribution in [0.15, 0.2) is 58.3 Å². The molecule has 1 amide bonds. The first kappa shape index (κ1) is 18.7. The summed E-state index contributed by atoms with van der Waals surface area (Å²) >= 11 is 0. The van der Waals surface area contributed by atoms with E-state index < -0.39 is 10.8 Å². The number of carbonyl (C=O) groups is 1. The molecule has 4 aromatic rings. The first-order valence-electron chi connectivity index (χ1n) is 8.63. The molecule has 0 aliphatic heterocycles. The van der Waals surface area contributed by atoms with Gasteiger partial charge in [-0.3, -0.25) is 14.9 Å². The van der Waals surface area contributed by atoms with Gasteiger partial charge in [-0.25, -0.2) is 15.0 Å². The number of amides is 1. The highest BCUT2D eigenvalue weighted by Crippen LogP contribution is 2.26. The Kier molecular flexibility index (Phi) is 4.87. The van der Waals surface area contributed by atoms with Crippen molar-refractivity contribution in [3.8, 4) is 11.5 Å². The molecule has 30 heavy (non-hydrogen) atoms. The number of imidazole rings is 1. The van der Waals surface area contributed by atoms with Gasteiger partial charge < -0.3 is 10.3 Å². The van der Waals surface area contributed by atoms with E-state index in [1.54, 1.807) is 34.9 Å². The molecule has 0 aliphatic carbocycles. The van der Waals surface area contributed by atoms with E-state index in [2.05, 4.69) is 30.5 Å². The molecule has 150 valence electrons. The normalized spacial score (nSPS) is 11.2. The van der Waals surface area contributed by atoms with E-state index in [4.69, 9.17) is 5.73 Å². The summed E-state index contributed by atoms with van der Waals surface area (Å²) in [4.78, 5) is 27.5. The molecule has 4 rings (SSSR count). The van der Waals surface area contributed by atoms with Crippen molar-refractivity contribution in [3.05, 3.63) is 64.2 Å². The van der Waals surface area contributed by atoms with Crippen LogP contribution in [-0.4, -0.2) is 36.9 Å². The molecule has 0 aliphatic rings. The number of fused-ring (bicyclic) bond motifs is 1. The molecule has 2 heterocycles. The van der Waals surface area contributed by atoms with Crippen LogP contribution in [0.2, 0.25) is 0 Å². The largest absolute Gasteiger partial charge is 0.379 e. The predicted molar refractivity (Wildman–Crippen MR) is 106 cm³/mol. The topological polar surface area (TPSA) is 167 Å². The van der Waals surface area contributed by atoms with Gasteiger partial charge in [0, 0.05) is 6.07 Å². The van der Waals surface area contributed by atoms with Crippen molar-refractivity contribution in [2.24, 2.45) is 5.10 Å². The van der Waals surface area contributed by atoms with E-state index in [-0.39, 0.29) is 29.3 Å². The number of nitrogens with one attached hydrogen (secondary N) is 1. The lowest BCUT2D eigenvalue weighted by Gasteiger charge is -2.06. The van der Waals surface area contributed by atoms with Gasteiger partial charge in [-0.05, 0) is 28.5 Å². The minimum atomic E-state index is -0.524. The van der Waals surface area contributed by atoms with E-state index in [1.165, 1.54) is 18.3 Å². The van der Waals surface area contributed by atoms with Gasteiger partial charge >= 0.3 is 0 Å². The van der Waals surface area contributed by atoms with Gasteiger partial charge in [0.2, 0.25) is 0 Å². The van der Waals surface area contributed by atoms with E-state index >= 15 is 0 Å². The second-order valence-electron chi connectivity index (χ2n) is 6.12. The summed E-state index contributed by atoms with van der Waals surface area (Å²) in [6.45, 7) is -0.156. The molecule has 0 radical (unpaired) electrons. The number of hydrogen-bond donors (Lipinski definition) is 2. The highest BCUT2D eigenvalue weighted by atomic mass is 16.6. The van der Waals surface area contributed by atoms with E-state index in [0.29, 0.717) is 16.9 Å². The Hall–Kier alpha value is -4.61. The number of nitrogens with zero attached hydrogens (tertiary/aromatic N) is 6. The van der Waals surface area contributed by atoms with Crippen LogP contribution in [0.4, 0.5) is 11.5 Å². The third kappa shape index (κ3) is 3.56. The molecule has 12 heteroatoms. The molecule has 0 fully saturated rings. The Morgan fingerprint density at radius 3 is 2.77 bits per heavy atom. The Morgan fingerprint density at radius 1 is 1.23 bits per heavy atom. The van der Waals surface area contributed by atoms with E-state index in [9.17, 15) is 14.9 Å². The number of hydrogen-bond acceptors (Lipinski definition) is 9. The second-order valence-corrected chi connectivity index (χ2v) is 6.12. The Labute approximate surface area is 168 Å². The van der Waals surface area contributed by atoms with Crippen molar-refractivity contribution < 1.29 is 14.3 Å². The van der Waals surface area contributed by atoms with Crippen molar-refractivity contribution in [1.82, 2.24) is 25.3 Å². The maximum Gasteiger partial charge on any atom is 0.278 e. The first-order chi connectivity index (χ1) is 14.5. The summed E-state index contributed by atoms with van der Waals surface area (Å²) in [5, 5.41) is 22.2. The molecule has 0 bridgehead atoms. The van der Waals surface area contributed by atoms with Gasteiger partial charge in [-0.15, -0.1) is 0 Å². The van der Waals surface area contributed by atoms with Crippen LogP contribution in [0.25, 0.3) is 22.6 Å². The standard InChI is InChI=1S/C18H14N8O4/c19-17-16(23-30-24-17)18-21-12-6-2-4-8-14(12)25(18)10-15(27)22-20-9-11-5-1-3-7-13(11)26(28)29/h1-9H,10H2,(H2,19,24)(H,22,27)/b20-9-. The summed E-state index contributed by atoms with van der Waals surface area (Å²) in [7, 11) is 0. The fraction of sp³-hybridized carbons (Fsp3) is 0.0556. The smallest absolute Gasteiger partial charge is 0.278 e. The second kappa shape index (κ2) is 7.79. The van der Waals surface area contributed by atoms with Crippen molar-refractivity contribution in [2.75, 3.05) is 5.73 Å². The molecular formula is C18H14N8O4. The Bertz CT molecular complexity index is 1280. The average molecular weight is 406 g/mol. The number of nitro benzene ring substituents is 1. The number of anilines is 1. The van der Waals surface area contributed by atoms with Gasteiger partial charge in [0.05, 0.1) is 27.7 Å². The quantitative estimate of drug-likeness (QED) is 0.277. The lowest BCUT2D eigenvalue weighted by atomic mass is 10.2. The van der Waals surface area contributed by atoms with Gasteiger partial charge in [-0.1, -0.05) is 24.3 Å². The van der Waals surface area contributed by atoms with Crippen LogP contribution in [-0.2, 0) is 11.3 Å². The van der Waals surface area contributed by atoms with Crippen LogP contribution in [0, 0.1) is 10.1 Å². The fourth-order valence-corrected chi connectivity index (χ4v) is 2.88. The molecule has 0 saturated carbocycles. The van der Waals surface area contributed by atoms with Crippen molar-refractivity contribution in [3.63, 3.8) is 0 Å². The van der Waals surface area contributed by atoms with Crippen molar-refractivity contribution >= 4 is 34.7 Å². The summed E-state index contributed by atoms with van der Waals surface area (Å²) in [5.74, 6) is -0.126. The van der Waals surface area contributed by atoms with Crippen LogP contribution in [0.5, 0.6) is 0 Å². The van der Waals surface area contributed by atoms with Gasteiger partial charge in [-0.2, -0.15) is 5.10 Å². The third-order valence-corrected chi connectivity index (χ3v) is 4.21. The molecule has 12 nitrogen and oxygen atoms in total. The maximum atomic E-state index is 12.5. The number of nitrogen functional groups attached to an aromatic ring is 1. The number of aromatic nitrogens is 4. The van der Waals surface area contributed by atoms with Crippen molar-refractivity contribution in [2.45, 2.75) is 6.54 Å². The average Bonchev–Trinajstić information content (AvgIpc) is 3.31. The molecule has 2 aromatic heterocycles. The van der Waals surface area contributed by atoms with Crippen LogP contribution in [0.3, 0.4) is 0 Å². The predicted octanol–water partition coefficient (Wildman–Crippen LogP) is 1.73. The number of para-hydroxylation sites is 3. The number of hydrazone groups is 1. The lowest BCUT2D eigenvalue weighted by molar-refractivity contribution is -0.385. The Morgan fingerprint density at radius 2 is 2.00 bits per heavy atom. The van der Waals surface area contributed by atoms with Gasteiger partial charge in [0.1, 0.15) is 6.54 Å². The number of benzene rings is 2. The minimum Gasteiger partial charge on any atom is -0.379 e. The number of nitrogens with two attached hydrogens (primary N) is 1. The van der Waals surface area contributed by atoms with Crippen LogP contribution < -0.4 is 11.2 Å². The van der Waals surface area contributed by atoms with Crippen LogP contribution >= 0.6 is 0 Å². The molecule has 0 spiro atoms. The molecular weight excluding hydrogens is 392 g/mol. The fourth-order valence-electron chi connectivity index (χ4n) is 2.88. The molecule has 0 unspecified atom stereocenters. The summed E-state index contributed by atoms with van der Waals surface area (Å²) in [6, 6.07) is 13.2. The zero-order chi connectivity index (χ0) is 21.1. The molecule has 3 N–H and O–H groups in total. The van der Waals surface area contributed by atoms with Crippen molar-refractivity contribution in [1.29, 1.82) is 0 Å². The molecule has 2 aromatic carbocycles. The van der Waals surface area contributed by atoms with Crippen LogP contribution in [0.1, 0.15) is 5.56 Å². The zero-order valence-corrected chi connectivity index (χ0v) is 15.3. The van der Waals surface area contributed by atoms with E-state index in [1.807, 2.05) is 6.07 Å². The summed E-state index contributed by atoms with van der Waals surface area (Å²) in [6.07, 6.45) is 1.21.